The van der Waals surface area contributed by atoms with E-state index in [0.717, 1.165) is 51.1 Å². The maximum Gasteiger partial charge on any atom is 0.239 e. The predicted molar refractivity (Wildman–Crippen MR) is 77.1 cm³/mol. The summed E-state index contributed by atoms with van der Waals surface area (Å²) in [4.78, 5) is 14.2. The molecule has 0 spiro atoms. The van der Waals surface area contributed by atoms with E-state index in [1.807, 2.05) is 4.90 Å². The summed E-state index contributed by atoms with van der Waals surface area (Å²) in [6.07, 6.45) is 5.52. The van der Waals surface area contributed by atoms with Gasteiger partial charge < -0.3 is 15.2 Å². The number of amides is 1. The van der Waals surface area contributed by atoms with Gasteiger partial charge in [0.05, 0.1) is 6.04 Å². The highest BCUT2D eigenvalue weighted by molar-refractivity contribution is 5.81. The smallest absolute Gasteiger partial charge is 0.239 e. The van der Waals surface area contributed by atoms with E-state index < -0.39 is 0 Å². The van der Waals surface area contributed by atoms with Crippen LogP contribution in [0, 0.1) is 0 Å². The van der Waals surface area contributed by atoms with Crippen LogP contribution in [0.5, 0.6) is 0 Å². The van der Waals surface area contributed by atoms with Crippen molar-refractivity contribution in [1.29, 1.82) is 0 Å². The van der Waals surface area contributed by atoms with Crippen LogP contribution >= 0.6 is 0 Å². The van der Waals surface area contributed by atoms with Crippen molar-refractivity contribution < 1.29 is 4.79 Å². The first-order valence-electron chi connectivity index (χ1n) is 7.59. The van der Waals surface area contributed by atoms with Crippen LogP contribution in [0.15, 0.2) is 6.33 Å². The summed E-state index contributed by atoms with van der Waals surface area (Å²) in [7, 11) is 0. The Kier molecular flexibility index (Phi) is 5.11. The Morgan fingerprint density at radius 3 is 3.05 bits per heavy atom. The summed E-state index contributed by atoms with van der Waals surface area (Å²) in [6, 6.07) is -0.359. The predicted octanol–water partition coefficient (Wildman–Crippen LogP) is 1.13. The van der Waals surface area contributed by atoms with Crippen LogP contribution in [-0.4, -0.2) is 44.7 Å². The SMILES string of the molecule is CCCC(N)C(=O)N1CCCC(c2nncn2CC)C1. The summed E-state index contributed by atoms with van der Waals surface area (Å²) in [5.74, 6) is 1.36. The lowest BCUT2D eigenvalue weighted by molar-refractivity contribution is -0.134. The summed E-state index contributed by atoms with van der Waals surface area (Å²) in [6.45, 7) is 6.52. The standard InChI is InChI=1S/C14H25N5O/c1-3-6-12(15)14(20)19-8-5-7-11(9-19)13-17-16-10-18(13)4-2/h10-12H,3-9,15H2,1-2H3. The lowest BCUT2D eigenvalue weighted by Gasteiger charge is -2.33. The molecule has 6 heteroatoms. The molecule has 6 nitrogen and oxygen atoms in total. The van der Waals surface area contributed by atoms with E-state index in [-0.39, 0.29) is 17.9 Å². The minimum atomic E-state index is -0.359. The maximum atomic E-state index is 12.3. The Labute approximate surface area is 120 Å². The first-order valence-corrected chi connectivity index (χ1v) is 7.59. The van der Waals surface area contributed by atoms with Crippen molar-refractivity contribution in [3.63, 3.8) is 0 Å². The summed E-state index contributed by atoms with van der Waals surface area (Å²) >= 11 is 0. The molecule has 0 aliphatic carbocycles. The molecular weight excluding hydrogens is 254 g/mol. The molecule has 2 atom stereocenters. The molecule has 2 unspecified atom stereocenters. The lowest BCUT2D eigenvalue weighted by Crippen LogP contribution is -2.47. The quantitative estimate of drug-likeness (QED) is 0.876. The fourth-order valence-corrected chi connectivity index (χ4v) is 2.88. The van der Waals surface area contributed by atoms with E-state index in [0.29, 0.717) is 0 Å². The zero-order valence-electron chi connectivity index (χ0n) is 12.5. The van der Waals surface area contributed by atoms with Crippen molar-refractivity contribution in [2.24, 2.45) is 5.73 Å². The molecule has 1 aromatic heterocycles. The molecule has 1 amide bonds. The van der Waals surface area contributed by atoms with Crippen LogP contribution in [0.3, 0.4) is 0 Å². The van der Waals surface area contributed by atoms with Gasteiger partial charge in [-0.2, -0.15) is 0 Å². The molecule has 2 heterocycles. The fraction of sp³-hybridized carbons (Fsp3) is 0.786. The van der Waals surface area contributed by atoms with Crippen LogP contribution < -0.4 is 5.73 Å². The Morgan fingerprint density at radius 2 is 2.35 bits per heavy atom. The number of hydrogen-bond acceptors (Lipinski definition) is 4. The lowest BCUT2D eigenvalue weighted by atomic mass is 9.96. The third-order valence-corrected chi connectivity index (χ3v) is 4.00. The first-order chi connectivity index (χ1) is 9.67. The second kappa shape index (κ2) is 6.83. The molecule has 2 N–H and O–H groups in total. The van der Waals surface area contributed by atoms with Gasteiger partial charge in [0.2, 0.25) is 5.91 Å². The Balaban J connectivity index is 2.03. The van der Waals surface area contributed by atoms with Crippen molar-refractivity contribution in [3.05, 3.63) is 12.2 Å². The van der Waals surface area contributed by atoms with E-state index in [2.05, 4.69) is 28.6 Å². The number of piperidine rings is 1. The molecule has 0 aromatic carbocycles. The number of aryl methyl sites for hydroxylation is 1. The van der Waals surface area contributed by atoms with Gasteiger partial charge in [-0.05, 0) is 26.2 Å². The van der Waals surface area contributed by atoms with Crippen molar-refractivity contribution in [1.82, 2.24) is 19.7 Å². The molecule has 0 radical (unpaired) electrons. The topological polar surface area (TPSA) is 77.0 Å². The van der Waals surface area contributed by atoms with Gasteiger partial charge in [-0.15, -0.1) is 10.2 Å². The first kappa shape index (κ1) is 15.0. The van der Waals surface area contributed by atoms with Gasteiger partial charge in [-0.1, -0.05) is 13.3 Å². The number of carbonyl (C=O) groups is 1. The van der Waals surface area contributed by atoms with E-state index in [4.69, 9.17) is 5.73 Å². The number of aromatic nitrogens is 3. The summed E-state index contributed by atoms with van der Waals surface area (Å²) in [5, 5.41) is 8.22. The van der Waals surface area contributed by atoms with Gasteiger partial charge in [-0.25, -0.2) is 0 Å². The number of likely N-dealkylation sites (tertiary alicyclic amines) is 1. The third kappa shape index (κ3) is 3.17. The maximum absolute atomic E-state index is 12.3. The van der Waals surface area contributed by atoms with E-state index in [9.17, 15) is 4.79 Å². The molecular formula is C14H25N5O. The molecule has 1 aliphatic rings. The van der Waals surface area contributed by atoms with Crippen molar-refractivity contribution in [3.8, 4) is 0 Å². The fourth-order valence-electron chi connectivity index (χ4n) is 2.88. The number of carbonyl (C=O) groups excluding carboxylic acids is 1. The van der Waals surface area contributed by atoms with Crippen LogP contribution in [0.4, 0.5) is 0 Å². The van der Waals surface area contributed by atoms with Crippen molar-refractivity contribution in [2.45, 2.75) is 58.0 Å². The van der Waals surface area contributed by atoms with E-state index >= 15 is 0 Å². The molecule has 1 saturated heterocycles. The monoisotopic (exact) mass is 279 g/mol. The van der Waals surface area contributed by atoms with Gasteiger partial charge in [0.15, 0.2) is 0 Å². The summed E-state index contributed by atoms with van der Waals surface area (Å²) < 4.78 is 2.06. The van der Waals surface area contributed by atoms with Gasteiger partial charge in [0, 0.05) is 25.6 Å². The number of nitrogens with zero attached hydrogens (tertiary/aromatic N) is 4. The molecule has 0 saturated carbocycles. The van der Waals surface area contributed by atoms with Crippen molar-refractivity contribution in [2.75, 3.05) is 13.1 Å². The largest absolute Gasteiger partial charge is 0.341 e. The number of nitrogens with two attached hydrogens (primary N) is 1. The minimum absolute atomic E-state index is 0.0825. The second-order valence-electron chi connectivity index (χ2n) is 5.49. The van der Waals surface area contributed by atoms with E-state index in [1.54, 1.807) is 6.33 Å². The Hall–Kier alpha value is -1.43. The zero-order chi connectivity index (χ0) is 14.5. The van der Waals surface area contributed by atoms with Gasteiger partial charge in [0.25, 0.3) is 0 Å². The number of rotatable bonds is 5. The van der Waals surface area contributed by atoms with Gasteiger partial charge in [0.1, 0.15) is 12.2 Å². The highest BCUT2D eigenvalue weighted by atomic mass is 16.2. The molecule has 1 aromatic rings. The third-order valence-electron chi connectivity index (χ3n) is 4.00. The average molecular weight is 279 g/mol. The van der Waals surface area contributed by atoms with Crippen LogP contribution in [0.1, 0.15) is 51.3 Å². The normalized spacial score (nSPS) is 20.9. The second-order valence-corrected chi connectivity index (χ2v) is 5.49. The molecule has 0 bridgehead atoms. The van der Waals surface area contributed by atoms with Crippen molar-refractivity contribution >= 4 is 5.91 Å². The highest BCUT2D eigenvalue weighted by Gasteiger charge is 2.29. The molecule has 1 aliphatic heterocycles. The van der Waals surface area contributed by atoms with E-state index in [1.165, 1.54) is 0 Å². The highest BCUT2D eigenvalue weighted by Crippen LogP contribution is 2.25. The molecule has 2 rings (SSSR count). The minimum Gasteiger partial charge on any atom is -0.341 e. The average Bonchev–Trinajstić information content (AvgIpc) is 2.95. The summed E-state index contributed by atoms with van der Waals surface area (Å²) in [5.41, 5.74) is 5.95. The molecule has 112 valence electrons. The van der Waals surface area contributed by atoms with Gasteiger partial charge in [-0.3, -0.25) is 4.79 Å². The number of hydrogen-bond donors (Lipinski definition) is 1. The van der Waals surface area contributed by atoms with Crippen LogP contribution in [0.2, 0.25) is 0 Å². The Bertz CT molecular complexity index is 445. The Morgan fingerprint density at radius 1 is 1.55 bits per heavy atom. The van der Waals surface area contributed by atoms with Crippen LogP contribution in [-0.2, 0) is 11.3 Å². The van der Waals surface area contributed by atoms with Gasteiger partial charge >= 0.3 is 0 Å². The molecule has 1 fully saturated rings. The zero-order valence-corrected chi connectivity index (χ0v) is 12.5. The van der Waals surface area contributed by atoms with Crippen LogP contribution in [0.25, 0.3) is 0 Å². The molecule has 20 heavy (non-hydrogen) atoms.